The molecule has 1 heterocycles. The fourth-order valence-corrected chi connectivity index (χ4v) is 1.98. The topological polar surface area (TPSA) is 3.24 Å². The fraction of sp³-hybridized carbons (Fsp3) is 0.800. The zero-order valence-corrected chi connectivity index (χ0v) is 7.29. The molecule has 1 saturated carbocycles. The summed E-state index contributed by atoms with van der Waals surface area (Å²) in [6.07, 6.45) is 9.02. The highest BCUT2D eigenvalue weighted by molar-refractivity contribution is 4.98. The highest BCUT2D eigenvalue weighted by atomic mass is 15.2. The molecule has 0 saturated heterocycles. The van der Waals surface area contributed by atoms with Crippen molar-refractivity contribution in [1.29, 1.82) is 0 Å². The van der Waals surface area contributed by atoms with Crippen LogP contribution in [0.4, 0.5) is 0 Å². The third kappa shape index (κ3) is 1.48. The van der Waals surface area contributed by atoms with Crippen molar-refractivity contribution >= 4 is 0 Å². The largest absolute Gasteiger partial charge is 0.296 e. The zero-order chi connectivity index (χ0) is 7.68. The van der Waals surface area contributed by atoms with Crippen LogP contribution in [-0.4, -0.2) is 24.0 Å². The Bertz CT molecular complexity index is 158. The summed E-state index contributed by atoms with van der Waals surface area (Å²) in [5, 5.41) is 0. The van der Waals surface area contributed by atoms with E-state index in [1.807, 2.05) is 0 Å². The maximum absolute atomic E-state index is 2.63. The third-order valence-electron chi connectivity index (χ3n) is 2.92. The van der Waals surface area contributed by atoms with Crippen LogP contribution >= 0.6 is 0 Å². The van der Waals surface area contributed by atoms with Gasteiger partial charge in [-0.1, -0.05) is 25.5 Å². The fourth-order valence-electron chi connectivity index (χ4n) is 1.98. The van der Waals surface area contributed by atoms with E-state index in [-0.39, 0.29) is 0 Å². The second-order valence-electron chi connectivity index (χ2n) is 3.94. The first-order valence-electron chi connectivity index (χ1n) is 4.77. The molecule has 0 bridgehead atoms. The van der Waals surface area contributed by atoms with E-state index < -0.39 is 0 Å². The third-order valence-corrected chi connectivity index (χ3v) is 2.92. The van der Waals surface area contributed by atoms with Gasteiger partial charge in [0.15, 0.2) is 0 Å². The van der Waals surface area contributed by atoms with Gasteiger partial charge >= 0.3 is 0 Å². The predicted molar refractivity (Wildman–Crippen MR) is 47.5 cm³/mol. The Morgan fingerprint density at radius 1 is 1.36 bits per heavy atom. The van der Waals surface area contributed by atoms with Crippen LogP contribution in [0.2, 0.25) is 0 Å². The molecular weight excluding hydrogens is 134 g/mol. The molecule has 0 spiro atoms. The van der Waals surface area contributed by atoms with Crippen molar-refractivity contribution in [2.75, 3.05) is 13.1 Å². The maximum Gasteiger partial charge on any atom is 0.0166 e. The van der Waals surface area contributed by atoms with Crippen LogP contribution in [0.25, 0.3) is 0 Å². The van der Waals surface area contributed by atoms with Crippen LogP contribution in [0, 0.1) is 5.92 Å². The summed E-state index contributed by atoms with van der Waals surface area (Å²) < 4.78 is 0. The van der Waals surface area contributed by atoms with Gasteiger partial charge in [0, 0.05) is 19.1 Å². The van der Waals surface area contributed by atoms with Crippen molar-refractivity contribution in [2.45, 2.75) is 32.2 Å². The molecule has 62 valence electrons. The first kappa shape index (κ1) is 7.35. The zero-order valence-electron chi connectivity index (χ0n) is 7.29. The molecule has 2 aliphatic rings. The SMILES string of the molecule is C[C@@H]1C=CCN(C2CCC2)C1. The second kappa shape index (κ2) is 2.98. The van der Waals surface area contributed by atoms with Gasteiger partial charge in [0.25, 0.3) is 0 Å². The van der Waals surface area contributed by atoms with Gasteiger partial charge in [-0.25, -0.2) is 0 Å². The van der Waals surface area contributed by atoms with Crippen molar-refractivity contribution in [1.82, 2.24) is 4.90 Å². The normalized spacial score (nSPS) is 33.7. The van der Waals surface area contributed by atoms with Gasteiger partial charge in [-0.15, -0.1) is 0 Å². The molecule has 0 aromatic heterocycles. The Morgan fingerprint density at radius 2 is 2.18 bits per heavy atom. The molecule has 1 heteroatoms. The number of hydrogen-bond donors (Lipinski definition) is 0. The van der Waals surface area contributed by atoms with E-state index in [0.717, 1.165) is 12.0 Å². The van der Waals surface area contributed by atoms with E-state index in [1.54, 1.807) is 0 Å². The van der Waals surface area contributed by atoms with E-state index in [1.165, 1.54) is 32.4 Å². The summed E-state index contributed by atoms with van der Waals surface area (Å²) in [6.45, 7) is 4.80. The lowest BCUT2D eigenvalue weighted by atomic mass is 9.90. The second-order valence-corrected chi connectivity index (χ2v) is 3.94. The van der Waals surface area contributed by atoms with E-state index >= 15 is 0 Å². The van der Waals surface area contributed by atoms with Crippen LogP contribution in [0.3, 0.4) is 0 Å². The molecule has 0 N–H and O–H groups in total. The summed E-state index contributed by atoms with van der Waals surface area (Å²) in [5.74, 6) is 0.782. The molecular formula is C10H17N. The monoisotopic (exact) mass is 151 g/mol. The van der Waals surface area contributed by atoms with Gasteiger partial charge in [0.1, 0.15) is 0 Å². The number of hydrogen-bond acceptors (Lipinski definition) is 1. The quantitative estimate of drug-likeness (QED) is 0.518. The van der Waals surface area contributed by atoms with Crippen molar-refractivity contribution in [3.8, 4) is 0 Å². The van der Waals surface area contributed by atoms with Gasteiger partial charge in [-0.05, 0) is 18.8 Å². The number of nitrogens with zero attached hydrogens (tertiary/aromatic N) is 1. The smallest absolute Gasteiger partial charge is 0.0166 e. The molecule has 0 unspecified atom stereocenters. The summed E-state index contributed by atoms with van der Waals surface area (Å²) in [5.41, 5.74) is 0. The Morgan fingerprint density at radius 3 is 2.73 bits per heavy atom. The molecule has 11 heavy (non-hydrogen) atoms. The van der Waals surface area contributed by atoms with Gasteiger partial charge in [0.2, 0.25) is 0 Å². The van der Waals surface area contributed by atoms with Gasteiger partial charge in [0.05, 0.1) is 0 Å². The lowest BCUT2D eigenvalue weighted by molar-refractivity contribution is 0.125. The lowest BCUT2D eigenvalue weighted by Crippen LogP contribution is -2.43. The average Bonchev–Trinajstić information content (AvgIpc) is 1.83. The van der Waals surface area contributed by atoms with E-state index in [2.05, 4.69) is 24.0 Å². The molecule has 2 rings (SSSR count). The highest BCUT2D eigenvalue weighted by Crippen LogP contribution is 2.26. The summed E-state index contributed by atoms with van der Waals surface area (Å²) in [6, 6.07) is 0.933. The first-order valence-corrected chi connectivity index (χ1v) is 4.77. The average molecular weight is 151 g/mol. The molecule has 0 radical (unpaired) electrons. The van der Waals surface area contributed by atoms with E-state index in [0.29, 0.717) is 0 Å². The molecule has 1 atom stereocenters. The Hall–Kier alpha value is -0.300. The summed E-state index contributed by atoms with van der Waals surface area (Å²) in [4.78, 5) is 2.63. The molecule has 0 aromatic carbocycles. The van der Waals surface area contributed by atoms with Gasteiger partial charge in [-0.3, -0.25) is 4.90 Å². The summed E-state index contributed by atoms with van der Waals surface area (Å²) in [7, 11) is 0. The Labute approximate surface area is 69.1 Å². The summed E-state index contributed by atoms with van der Waals surface area (Å²) >= 11 is 0. The highest BCUT2D eigenvalue weighted by Gasteiger charge is 2.25. The molecule has 1 aliphatic heterocycles. The van der Waals surface area contributed by atoms with Crippen LogP contribution < -0.4 is 0 Å². The van der Waals surface area contributed by atoms with Gasteiger partial charge in [-0.2, -0.15) is 0 Å². The predicted octanol–water partition coefficient (Wildman–Crippen LogP) is 2.05. The lowest BCUT2D eigenvalue weighted by Gasteiger charge is -2.39. The van der Waals surface area contributed by atoms with Crippen molar-refractivity contribution in [2.24, 2.45) is 5.92 Å². The Kier molecular flexibility index (Phi) is 1.99. The minimum absolute atomic E-state index is 0.782. The van der Waals surface area contributed by atoms with E-state index in [9.17, 15) is 0 Å². The van der Waals surface area contributed by atoms with Crippen molar-refractivity contribution < 1.29 is 0 Å². The minimum atomic E-state index is 0.782. The minimum Gasteiger partial charge on any atom is -0.296 e. The van der Waals surface area contributed by atoms with Crippen LogP contribution in [0.1, 0.15) is 26.2 Å². The van der Waals surface area contributed by atoms with Gasteiger partial charge < -0.3 is 0 Å². The van der Waals surface area contributed by atoms with Crippen LogP contribution in [0.5, 0.6) is 0 Å². The van der Waals surface area contributed by atoms with Crippen molar-refractivity contribution in [3.63, 3.8) is 0 Å². The van der Waals surface area contributed by atoms with Crippen LogP contribution in [0.15, 0.2) is 12.2 Å². The van der Waals surface area contributed by atoms with Crippen molar-refractivity contribution in [3.05, 3.63) is 12.2 Å². The number of rotatable bonds is 1. The van der Waals surface area contributed by atoms with E-state index in [4.69, 9.17) is 0 Å². The Balaban J connectivity index is 1.89. The molecule has 1 aliphatic carbocycles. The molecule has 0 amide bonds. The first-order chi connectivity index (χ1) is 5.36. The molecule has 1 fully saturated rings. The standard InChI is InChI=1S/C10H17N/c1-9-4-3-7-11(8-9)10-5-2-6-10/h3-4,9-10H,2,5-8H2,1H3/t9-/m1/s1. The van der Waals surface area contributed by atoms with Crippen LogP contribution in [-0.2, 0) is 0 Å². The maximum atomic E-state index is 2.63. The molecule has 1 nitrogen and oxygen atoms in total. The molecule has 0 aromatic rings.